The van der Waals surface area contributed by atoms with Gasteiger partial charge in [-0.15, -0.1) is 0 Å². The number of carboxylic acid groups (broad SMARTS) is 1. The van der Waals surface area contributed by atoms with E-state index in [0.717, 1.165) is 12.8 Å². The molecule has 19 heavy (non-hydrogen) atoms. The highest BCUT2D eigenvalue weighted by atomic mass is 16.4. The number of hydrogen-bond acceptors (Lipinski definition) is 4. The zero-order chi connectivity index (χ0) is 13.7. The largest absolute Gasteiger partial charge is 0.481 e. The molecule has 1 aromatic rings. The molecule has 0 aliphatic carbocycles. The summed E-state index contributed by atoms with van der Waals surface area (Å²) in [5.41, 5.74) is 0.671. The number of urea groups is 1. The van der Waals surface area contributed by atoms with Gasteiger partial charge in [0.05, 0.1) is 18.7 Å². The number of carbonyl (C=O) groups excluding carboxylic acids is 1. The Morgan fingerprint density at radius 2 is 2.37 bits per heavy atom. The van der Waals surface area contributed by atoms with Gasteiger partial charge in [0.25, 0.3) is 0 Å². The average molecular weight is 264 g/mol. The molecule has 7 nitrogen and oxygen atoms in total. The van der Waals surface area contributed by atoms with Crippen molar-refractivity contribution in [3.63, 3.8) is 0 Å². The highest BCUT2D eigenvalue weighted by molar-refractivity contribution is 5.76. The second-order valence-corrected chi connectivity index (χ2v) is 4.46. The second-order valence-electron chi connectivity index (χ2n) is 4.46. The Labute approximate surface area is 110 Å². The van der Waals surface area contributed by atoms with E-state index in [-0.39, 0.29) is 18.5 Å². The van der Waals surface area contributed by atoms with Gasteiger partial charge in [-0.1, -0.05) is 0 Å². The molecule has 1 aliphatic heterocycles. The van der Waals surface area contributed by atoms with Crippen molar-refractivity contribution in [3.05, 3.63) is 24.0 Å². The van der Waals surface area contributed by atoms with Gasteiger partial charge in [-0.3, -0.25) is 4.79 Å². The van der Waals surface area contributed by atoms with Crippen molar-refractivity contribution >= 4 is 12.0 Å². The summed E-state index contributed by atoms with van der Waals surface area (Å²) in [5, 5.41) is 19.1. The molecule has 1 aromatic heterocycles. The molecule has 1 saturated heterocycles. The lowest BCUT2D eigenvalue weighted by Crippen LogP contribution is -2.43. The maximum Gasteiger partial charge on any atom is 0.317 e. The zero-order valence-electron chi connectivity index (χ0n) is 10.5. The van der Waals surface area contributed by atoms with Crippen LogP contribution in [0.3, 0.4) is 0 Å². The van der Waals surface area contributed by atoms with E-state index in [2.05, 4.69) is 15.5 Å². The molecule has 2 amide bonds. The summed E-state index contributed by atoms with van der Waals surface area (Å²) >= 11 is 0. The molecule has 2 heterocycles. The van der Waals surface area contributed by atoms with Crippen molar-refractivity contribution in [2.24, 2.45) is 0 Å². The van der Waals surface area contributed by atoms with Gasteiger partial charge in [0.2, 0.25) is 0 Å². The molecular formula is C12H16N4O3. The predicted octanol–water partition coefficient (Wildman–Crippen LogP) is 0.625. The average Bonchev–Trinajstić information content (AvgIpc) is 2.84. The van der Waals surface area contributed by atoms with Gasteiger partial charge in [-0.25, -0.2) is 4.79 Å². The van der Waals surface area contributed by atoms with E-state index in [1.807, 2.05) is 0 Å². The van der Waals surface area contributed by atoms with Crippen molar-refractivity contribution < 1.29 is 14.7 Å². The molecule has 102 valence electrons. The first-order chi connectivity index (χ1) is 9.16. The third-order valence-electron chi connectivity index (χ3n) is 3.10. The summed E-state index contributed by atoms with van der Waals surface area (Å²) < 4.78 is 0. The Kier molecular flexibility index (Phi) is 4.27. The van der Waals surface area contributed by atoms with E-state index in [0.29, 0.717) is 18.8 Å². The van der Waals surface area contributed by atoms with E-state index in [1.54, 1.807) is 23.2 Å². The number of nitrogens with one attached hydrogen (secondary N) is 1. The lowest BCUT2D eigenvalue weighted by molar-refractivity contribution is -0.137. The van der Waals surface area contributed by atoms with E-state index >= 15 is 0 Å². The molecule has 1 aliphatic rings. The first kappa shape index (κ1) is 13.3. The molecule has 1 fully saturated rings. The fraction of sp³-hybridized carbons (Fsp3) is 0.500. The number of aromatic nitrogens is 2. The van der Waals surface area contributed by atoms with Gasteiger partial charge >= 0.3 is 12.0 Å². The molecule has 0 bridgehead atoms. The maximum atomic E-state index is 12.0. The second kappa shape index (κ2) is 6.12. The maximum absolute atomic E-state index is 12.0. The number of carboxylic acids is 1. The van der Waals surface area contributed by atoms with Crippen molar-refractivity contribution in [3.8, 4) is 0 Å². The van der Waals surface area contributed by atoms with Crippen LogP contribution in [0.15, 0.2) is 18.3 Å². The van der Waals surface area contributed by atoms with Crippen LogP contribution in [0.2, 0.25) is 0 Å². The van der Waals surface area contributed by atoms with Crippen molar-refractivity contribution in [2.45, 2.75) is 31.8 Å². The van der Waals surface area contributed by atoms with E-state index in [9.17, 15) is 9.59 Å². The van der Waals surface area contributed by atoms with Crippen LogP contribution in [0.1, 0.15) is 25.0 Å². The van der Waals surface area contributed by atoms with Gasteiger partial charge in [0, 0.05) is 18.8 Å². The first-order valence-electron chi connectivity index (χ1n) is 6.19. The highest BCUT2D eigenvalue weighted by Crippen LogP contribution is 2.20. The number of rotatable bonds is 4. The summed E-state index contributed by atoms with van der Waals surface area (Å²) in [4.78, 5) is 24.3. The van der Waals surface area contributed by atoms with Crippen LogP contribution < -0.4 is 5.32 Å². The number of likely N-dealkylation sites (tertiary alicyclic amines) is 1. The van der Waals surface area contributed by atoms with Crippen LogP contribution in [-0.4, -0.2) is 44.8 Å². The molecule has 1 atom stereocenters. The minimum atomic E-state index is -0.876. The van der Waals surface area contributed by atoms with Gasteiger partial charge < -0.3 is 15.3 Å². The minimum absolute atomic E-state index is 0.00143. The number of aliphatic carboxylic acids is 1. The zero-order valence-corrected chi connectivity index (χ0v) is 10.5. The van der Waals surface area contributed by atoms with Crippen LogP contribution in [-0.2, 0) is 11.3 Å². The molecule has 1 unspecified atom stereocenters. The summed E-state index contributed by atoms with van der Waals surface area (Å²) in [7, 11) is 0. The molecule has 0 saturated carbocycles. The fourth-order valence-electron chi connectivity index (χ4n) is 2.21. The number of carbonyl (C=O) groups is 2. The Bertz CT molecular complexity index is 452. The Morgan fingerprint density at radius 3 is 3.05 bits per heavy atom. The molecular weight excluding hydrogens is 248 g/mol. The normalized spacial score (nSPS) is 18.3. The molecule has 0 aromatic carbocycles. The third kappa shape index (κ3) is 3.64. The Morgan fingerprint density at radius 1 is 1.53 bits per heavy atom. The number of nitrogens with zero attached hydrogens (tertiary/aromatic N) is 3. The summed E-state index contributed by atoms with van der Waals surface area (Å²) in [5.74, 6) is -0.876. The predicted molar refractivity (Wildman–Crippen MR) is 66.2 cm³/mol. The molecule has 0 spiro atoms. The SMILES string of the molecule is O=C(O)CC1CCCN1C(=O)NCc1cccnn1. The topological polar surface area (TPSA) is 95.4 Å². The lowest BCUT2D eigenvalue weighted by Gasteiger charge is -2.23. The Hall–Kier alpha value is -2.18. The summed E-state index contributed by atoms with van der Waals surface area (Å²) in [6.45, 7) is 0.896. The molecule has 2 rings (SSSR count). The Balaban J connectivity index is 1.87. The molecule has 7 heteroatoms. The van der Waals surface area contributed by atoms with Crippen LogP contribution in [0.25, 0.3) is 0 Å². The van der Waals surface area contributed by atoms with E-state index in [1.165, 1.54) is 0 Å². The van der Waals surface area contributed by atoms with Gasteiger partial charge in [0.15, 0.2) is 0 Å². The highest BCUT2D eigenvalue weighted by Gasteiger charge is 2.30. The van der Waals surface area contributed by atoms with Crippen molar-refractivity contribution in [1.29, 1.82) is 0 Å². The van der Waals surface area contributed by atoms with Gasteiger partial charge in [-0.05, 0) is 25.0 Å². The van der Waals surface area contributed by atoms with Crippen LogP contribution in [0.5, 0.6) is 0 Å². The standard InChI is InChI=1S/C12H16N4O3/c17-11(18)7-10-4-2-6-16(10)12(19)13-8-9-3-1-5-14-15-9/h1,3,5,10H,2,4,6-8H2,(H,13,19)(H,17,18). The minimum Gasteiger partial charge on any atom is -0.481 e. The van der Waals surface area contributed by atoms with Crippen LogP contribution >= 0.6 is 0 Å². The lowest BCUT2D eigenvalue weighted by atomic mass is 10.1. The van der Waals surface area contributed by atoms with Gasteiger partial charge in [0.1, 0.15) is 0 Å². The van der Waals surface area contributed by atoms with E-state index in [4.69, 9.17) is 5.11 Å². The van der Waals surface area contributed by atoms with Crippen LogP contribution in [0, 0.1) is 0 Å². The molecule has 2 N–H and O–H groups in total. The number of amides is 2. The van der Waals surface area contributed by atoms with Gasteiger partial charge in [-0.2, -0.15) is 10.2 Å². The quantitative estimate of drug-likeness (QED) is 0.831. The van der Waals surface area contributed by atoms with Crippen molar-refractivity contribution in [2.75, 3.05) is 6.54 Å². The summed E-state index contributed by atoms with van der Waals surface area (Å²) in [6, 6.07) is 3.07. The first-order valence-corrected chi connectivity index (χ1v) is 6.19. The summed E-state index contributed by atoms with van der Waals surface area (Å²) in [6.07, 6.45) is 3.15. The fourth-order valence-corrected chi connectivity index (χ4v) is 2.21. The monoisotopic (exact) mass is 264 g/mol. The smallest absolute Gasteiger partial charge is 0.317 e. The third-order valence-corrected chi connectivity index (χ3v) is 3.10. The number of hydrogen-bond donors (Lipinski definition) is 2. The molecule has 0 radical (unpaired) electrons. The van der Waals surface area contributed by atoms with E-state index < -0.39 is 5.97 Å². The van der Waals surface area contributed by atoms with Crippen LogP contribution in [0.4, 0.5) is 4.79 Å². The van der Waals surface area contributed by atoms with Crippen molar-refractivity contribution in [1.82, 2.24) is 20.4 Å².